The summed E-state index contributed by atoms with van der Waals surface area (Å²) >= 11 is 0. The van der Waals surface area contributed by atoms with Gasteiger partial charge < -0.3 is 10.0 Å². The van der Waals surface area contributed by atoms with Gasteiger partial charge in [0.25, 0.3) is 0 Å². The Bertz CT molecular complexity index is 382. The molecule has 3 nitrogen and oxygen atoms in total. The minimum atomic E-state index is -0.626. The zero-order valence-electron chi connectivity index (χ0n) is 11.0. The van der Waals surface area contributed by atoms with Crippen LogP contribution in [0.5, 0.6) is 0 Å². The van der Waals surface area contributed by atoms with Gasteiger partial charge in [0.2, 0.25) is 0 Å². The Kier molecular flexibility index (Phi) is 4.30. The van der Waals surface area contributed by atoms with E-state index in [1.54, 1.807) is 6.07 Å². The predicted octanol–water partition coefficient (Wildman–Crippen LogP) is 2.37. The lowest BCUT2D eigenvalue weighted by molar-refractivity contribution is 0.0830. The summed E-state index contributed by atoms with van der Waals surface area (Å²) < 4.78 is 12.8. The van der Waals surface area contributed by atoms with E-state index >= 15 is 0 Å². The second-order valence-electron chi connectivity index (χ2n) is 5.31. The van der Waals surface area contributed by atoms with Gasteiger partial charge in [-0.2, -0.15) is 0 Å². The molecule has 0 spiro atoms. The summed E-state index contributed by atoms with van der Waals surface area (Å²) in [6.45, 7) is 6.21. The summed E-state index contributed by atoms with van der Waals surface area (Å²) in [5.41, 5.74) is 0.552. The Balaban J connectivity index is 1.95. The average molecular weight is 252 g/mol. The van der Waals surface area contributed by atoms with Crippen molar-refractivity contribution in [3.63, 3.8) is 0 Å². The maximum atomic E-state index is 12.8. The number of likely N-dealkylation sites (tertiary alicyclic amines) is 1. The van der Waals surface area contributed by atoms with E-state index in [1.807, 2.05) is 6.92 Å². The van der Waals surface area contributed by atoms with Crippen molar-refractivity contribution in [1.82, 2.24) is 9.88 Å². The molecule has 0 bridgehead atoms. The van der Waals surface area contributed by atoms with Gasteiger partial charge in [-0.1, -0.05) is 6.92 Å². The average Bonchev–Trinajstić information content (AvgIpc) is 2.75. The minimum absolute atomic E-state index is 0.100. The quantitative estimate of drug-likeness (QED) is 0.893. The van der Waals surface area contributed by atoms with Gasteiger partial charge in [0.1, 0.15) is 5.82 Å². The first-order chi connectivity index (χ1) is 8.58. The van der Waals surface area contributed by atoms with E-state index in [4.69, 9.17) is 0 Å². The number of aliphatic hydroxyl groups is 1. The number of pyridine rings is 1. The largest absolute Gasteiger partial charge is 0.386 e. The SMILES string of the molecule is CC(CN1CCCC1C)C(O)c1ccc(F)cn1. The van der Waals surface area contributed by atoms with Gasteiger partial charge in [0.05, 0.1) is 18.0 Å². The first kappa shape index (κ1) is 13.4. The molecular formula is C14H21FN2O. The van der Waals surface area contributed by atoms with Crippen molar-refractivity contribution in [3.8, 4) is 0 Å². The van der Waals surface area contributed by atoms with Crippen molar-refractivity contribution < 1.29 is 9.50 Å². The molecule has 4 heteroatoms. The lowest BCUT2D eigenvalue weighted by Crippen LogP contribution is -2.33. The maximum Gasteiger partial charge on any atom is 0.141 e. The van der Waals surface area contributed by atoms with Gasteiger partial charge in [-0.15, -0.1) is 0 Å². The highest BCUT2D eigenvalue weighted by Crippen LogP contribution is 2.24. The fraction of sp³-hybridized carbons (Fsp3) is 0.643. The zero-order chi connectivity index (χ0) is 13.1. The molecule has 2 rings (SSSR count). The van der Waals surface area contributed by atoms with Gasteiger partial charge in [-0.05, 0) is 38.4 Å². The van der Waals surface area contributed by atoms with Crippen LogP contribution in [0.3, 0.4) is 0 Å². The summed E-state index contributed by atoms with van der Waals surface area (Å²) in [6.07, 6.45) is 3.00. The lowest BCUT2D eigenvalue weighted by atomic mass is 10.0. The molecule has 0 aromatic carbocycles. The summed E-state index contributed by atoms with van der Waals surface area (Å²) in [7, 11) is 0. The van der Waals surface area contributed by atoms with Gasteiger partial charge >= 0.3 is 0 Å². The topological polar surface area (TPSA) is 36.4 Å². The molecule has 0 radical (unpaired) electrons. The summed E-state index contributed by atoms with van der Waals surface area (Å²) in [6, 6.07) is 3.50. The van der Waals surface area contributed by atoms with Crippen molar-refractivity contribution in [1.29, 1.82) is 0 Å². The van der Waals surface area contributed by atoms with E-state index in [0.717, 1.165) is 19.3 Å². The summed E-state index contributed by atoms with van der Waals surface area (Å²) in [4.78, 5) is 6.35. The van der Waals surface area contributed by atoms with E-state index in [-0.39, 0.29) is 11.7 Å². The van der Waals surface area contributed by atoms with Crippen LogP contribution in [0.15, 0.2) is 18.3 Å². The molecule has 1 fully saturated rings. The van der Waals surface area contributed by atoms with Crippen LogP contribution in [0.2, 0.25) is 0 Å². The molecule has 1 aliphatic rings. The number of hydrogen-bond donors (Lipinski definition) is 1. The molecule has 1 saturated heterocycles. The fourth-order valence-corrected chi connectivity index (χ4v) is 2.59. The van der Waals surface area contributed by atoms with Crippen molar-refractivity contribution >= 4 is 0 Å². The molecule has 1 N–H and O–H groups in total. The van der Waals surface area contributed by atoms with E-state index in [2.05, 4.69) is 16.8 Å². The van der Waals surface area contributed by atoms with Crippen molar-refractivity contribution in [3.05, 3.63) is 29.8 Å². The van der Waals surface area contributed by atoms with Crippen LogP contribution in [0.1, 0.15) is 38.5 Å². The van der Waals surface area contributed by atoms with Gasteiger partial charge in [-0.3, -0.25) is 4.98 Å². The van der Waals surface area contributed by atoms with E-state index in [0.29, 0.717) is 11.7 Å². The van der Waals surface area contributed by atoms with Crippen molar-refractivity contribution in [2.24, 2.45) is 5.92 Å². The third kappa shape index (κ3) is 3.06. The highest BCUT2D eigenvalue weighted by molar-refractivity contribution is 5.09. The zero-order valence-corrected chi connectivity index (χ0v) is 11.0. The first-order valence-corrected chi connectivity index (χ1v) is 6.61. The fourth-order valence-electron chi connectivity index (χ4n) is 2.59. The molecule has 1 aromatic heterocycles. The molecule has 3 atom stereocenters. The minimum Gasteiger partial charge on any atom is -0.386 e. The number of hydrogen-bond acceptors (Lipinski definition) is 3. The van der Waals surface area contributed by atoms with Crippen LogP contribution in [-0.4, -0.2) is 34.1 Å². The number of aliphatic hydroxyl groups excluding tert-OH is 1. The summed E-state index contributed by atoms with van der Waals surface area (Å²) in [5, 5.41) is 10.2. The van der Waals surface area contributed by atoms with Gasteiger partial charge in [0, 0.05) is 18.5 Å². The first-order valence-electron chi connectivity index (χ1n) is 6.61. The Hall–Kier alpha value is -1.00. The number of nitrogens with zero attached hydrogens (tertiary/aromatic N) is 2. The van der Waals surface area contributed by atoms with Crippen molar-refractivity contribution in [2.75, 3.05) is 13.1 Å². The number of rotatable bonds is 4. The third-order valence-corrected chi connectivity index (χ3v) is 3.81. The van der Waals surface area contributed by atoms with Gasteiger partial charge in [0.15, 0.2) is 0 Å². The van der Waals surface area contributed by atoms with Crippen LogP contribution in [0, 0.1) is 11.7 Å². The molecule has 0 amide bonds. The molecule has 0 aliphatic carbocycles. The van der Waals surface area contributed by atoms with Crippen LogP contribution in [0.4, 0.5) is 4.39 Å². The monoisotopic (exact) mass is 252 g/mol. The predicted molar refractivity (Wildman–Crippen MR) is 68.6 cm³/mol. The van der Waals surface area contributed by atoms with E-state index in [1.165, 1.54) is 18.9 Å². The Morgan fingerprint density at radius 2 is 2.33 bits per heavy atom. The molecule has 18 heavy (non-hydrogen) atoms. The molecule has 1 aromatic rings. The van der Waals surface area contributed by atoms with Crippen LogP contribution in [-0.2, 0) is 0 Å². The highest BCUT2D eigenvalue weighted by Gasteiger charge is 2.25. The van der Waals surface area contributed by atoms with E-state index in [9.17, 15) is 9.50 Å². The lowest BCUT2D eigenvalue weighted by Gasteiger charge is -2.27. The smallest absolute Gasteiger partial charge is 0.141 e. The Labute approximate surface area is 108 Å². The number of aromatic nitrogens is 1. The number of halogens is 1. The van der Waals surface area contributed by atoms with Crippen LogP contribution < -0.4 is 0 Å². The molecule has 3 unspecified atom stereocenters. The second-order valence-corrected chi connectivity index (χ2v) is 5.31. The Morgan fingerprint density at radius 1 is 1.56 bits per heavy atom. The molecule has 1 aliphatic heterocycles. The summed E-state index contributed by atoms with van der Waals surface area (Å²) in [5.74, 6) is -0.268. The standard InChI is InChI=1S/C14H21FN2O/c1-10(9-17-7-3-4-11(17)2)14(18)13-6-5-12(15)8-16-13/h5-6,8,10-11,14,18H,3-4,7,9H2,1-2H3. The molecule has 0 saturated carbocycles. The van der Waals surface area contributed by atoms with E-state index < -0.39 is 6.10 Å². The van der Waals surface area contributed by atoms with Crippen LogP contribution >= 0.6 is 0 Å². The van der Waals surface area contributed by atoms with Crippen molar-refractivity contribution in [2.45, 2.75) is 38.8 Å². The Morgan fingerprint density at radius 3 is 2.89 bits per heavy atom. The molecular weight excluding hydrogens is 231 g/mol. The maximum absolute atomic E-state index is 12.8. The van der Waals surface area contributed by atoms with Gasteiger partial charge in [-0.25, -0.2) is 4.39 Å². The third-order valence-electron chi connectivity index (χ3n) is 3.81. The second kappa shape index (κ2) is 5.76. The highest BCUT2D eigenvalue weighted by atomic mass is 19.1. The van der Waals surface area contributed by atoms with Crippen LogP contribution in [0.25, 0.3) is 0 Å². The molecule has 2 heterocycles. The molecule has 100 valence electrons. The normalized spacial score (nSPS) is 24.1.